The average molecular weight is 749 g/mol. The third-order valence-electron chi connectivity index (χ3n) is 9.72. The molecule has 13 heteroatoms. The van der Waals surface area contributed by atoms with Crippen molar-refractivity contribution in [2.45, 2.75) is 32.4 Å². The highest BCUT2D eigenvalue weighted by molar-refractivity contribution is 7.22. The van der Waals surface area contributed by atoms with Crippen LogP contribution in [0.5, 0.6) is 5.75 Å². The second kappa shape index (κ2) is 15.9. The van der Waals surface area contributed by atoms with Crippen molar-refractivity contribution < 1.29 is 24.2 Å². The number of nitrogens with zero attached hydrogens (tertiary/aromatic N) is 5. The Hall–Kier alpha value is -5.08. The van der Waals surface area contributed by atoms with Gasteiger partial charge < -0.3 is 24.0 Å². The Bertz CT molecular complexity index is 2190. The van der Waals surface area contributed by atoms with E-state index in [4.69, 9.17) is 9.47 Å². The summed E-state index contributed by atoms with van der Waals surface area (Å²) in [6.45, 7) is 7.17. The van der Waals surface area contributed by atoms with Crippen molar-refractivity contribution in [2.24, 2.45) is 0 Å². The summed E-state index contributed by atoms with van der Waals surface area (Å²) >= 11 is 2.85. The normalized spacial score (nSPS) is 14.7. The first-order valence-corrected chi connectivity index (χ1v) is 19.5. The molecule has 0 bridgehead atoms. The number of thiazole rings is 2. The molecule has 0 unspecified atom stereocenters. The lowest BCUT2D eigenvalue weighted by molar-refractivity contribution is 0.0364. The van der Waals surface area contributed by atoms with Crippen LogP contribution in [0.1, 0.15) is 43.3 Å². The molecule has 11 nitrogen and oxygen atoms in total. The topological polar surface area (TPSA) is 122 Å². The van der Waals surface area contributed by atoms with E-state index in [0.717, 1.165) is 83.3 Å². The molecule has 8 rings (SSSR count). The smallest absolute Gasteiger partial charge is 0.355 e. The number of rotatable bonds is 13. The number of aryl methyl sites for hydroxylation is 1. The fourth-order valence-corrected chi connectivity index (χ4v) is 8.84. The summed E-state index contributed by atoms with van der Waals surface area (Å²) in [5, 5.41) is 14.2. The van der Waals surface area contributed by atoms with Crippen LogP contribution in [0, 0.1) is 0 Å². The molecule has 2 aliphatic rings. The number of benzene rings is 3. The second-order valence-corrected chi connectivity index (χ2v) is 15.3. The molecule has 2 aliphatic heterocycles. The highest BCUT2D eigenvalue weighted by atomic mass is 32.1. The van der Waals surface area contributed by atoms with E-state index >= 15 is 0 Å². The Balaban J connectivity index is 0.862. The van der Waals surface area contributed by atoms with Crippen molar-refractivity contribution >= 4 is 55.0 Å². The van der Waals surface area contributed by atoms with Crippen LogP contribution in [-0.2, 0) is 30.7 Å². The van der Waals surface area contributed by atoms with Crippen molar-refractivity contribution in [1.82, 2.24) is 19.4 Å². The molecule has 0 atom stereocenters. The SMILES string of the molecule is O=C(Nc1nc2ccccc2s1)c1cccc2c1CN(c1nc(C(=O)O)c(CCCOc3ccc(-c4ccn(CCN5CCOCC5)c4)cc3)s1)CC2. The van der Waals surface area contributed by atoms with Crippen LogP contribution in [-0.4, -0.2) is 82.4 Å². The molecule has 3 aromatic carbocycles. The number of ether oxygens (including phenoxy) is 2. The summed E-state index contributed by atoms with van der Waals surface area (Å²) < 4.78 is 14.7. The van der Waals surface area contributed by atoms with Gasteiger partial charge >= 0.3 is 5.97 Å². The summed E-state index contributed by atoms with van der Waals surface area (Å²) in [7, 11) is 0. The van der Waals surface area contributed by atoms with E-state index in [1.165, 1.54) is 28.2 Å². The van der Waals surface area contributed by atoms with Gasteiger partial charge in [-0.25, -0.2) is 14.8 Å². The number of anilines is 2. The minimum absolute atomic E-state index is 0.0823. The van der Waals surface area contributed by atoms with Gasteiger partial charge in [0.2, 0.25) is 0 Å². The van der Waals surface area contributed by atoms with Gasteiger partial charge in [0, 0.05) is 62.1 Å². The molecule has 0 spiro atoms. The van der Waals surface area contributed by atoms with E-state index in [1.54, 1.807) is 0 Å². The highest BCUT2D eigenvalue weighted by Gasteiger charge is 2.27. The van der Waals surface area contributed by atoms with Crippen molar-refractivity contribution in [3.8, 4) is 16.9 Å². The molecule has 3 aromatic heterocycles. The number of aromatic nitrogens is 3. The maximum Gasteiger partial charge on any atom is 0.355 e. The maximum absolute atomic E-state index is 13.5. The number of hydrogen-bond donors (Lipinski definition) is 2. The number of nitrogens with one attached hydrogen (secondary N) is 1. The summed E-state index contributed by atoms with van der Waals surface area (Å²) in [4.78, 5) is 40.1. The van der Waals surface area contributed by atoms with Crippen molar-refractivity contribution in [3.63, 3.8) is 0 Å². The van der Waals surface area contributed by atoms with Gasteiger partial charge in [-0.3, -0.25) is 15.0 Å². The van der Waals surface area contributed by atoms with E-state index in [0.29, 0.717) is 48.4 Å². The van der Waals surface area contributed by atoms with Crippen LogP contribution in [0.2, 0.25) is 0 Å². The molecule has 2 N–H and O–H groups in total. The molecule has 53 heavy (non-hydrogen) atoms. The zero-order chi connectivity index (χ0) is 36.1. The fourth-order valence-electron chi connectivity index (χ4n) is 6.86. The van der Waals surface area contributed by atoms with E-state index in [9.17, 15) is 14.7 Å². The van der Waals surface area contributed by atoms with Gasteiger partial charge in [-0.05, 0) is 77.9 Å². The Labute approximate surface area is 315 Å². The Morgan fingerprint density at radius 1 is 0.906 bits per heavy atom. The van der Waals surface area contributed by atoms with E-state index in [-0.39, 0.29) is 11.6 Å². The van der Waals surface area contributed by atoms with Gasteiger partial charge in [0.1, 0.15) is 5.75 Å². The first-order valence-electron chi connectivity index (χ1n) is 17.9. The largest absolute Gasteiger partial charge is 0.494 e. The maximum atomic E-state index is 13.5. The van der Waals surface area contributed by atoms with Crippen LogP contribution in [0.3, 0.4) is 0 Å². The number of carbonyl (C=O) groups excluding carboxylic acids is 1. The lowest BCUT2D eigenvalue weighted by atomic mass is 9.94. The van der Waals surface area contributed by atoms with Crippen LogP contribution in [0.15, 0.2) is 85.2 Å². The van der Waals surface area contributed by atoms with E-state index in [2.05, 4.69) is 66.3 Å². The molecule has 0 saturated carbocycles. The van der Waals surface area contributed by atoms with Gasteiger partial charge in [-0.15, -0.1) is 11.3 Å². The molecule has 272 valence electrons. The average Bonchev–Trinajstić information content (AvgIpc) is 3.95. The number of aromatic carboxylic acids is 1. The minimum atomic E-state index is -1.04. The summed E-state index contributed by atoms with van der Waals surface area (Å²) in [5.41, 5.74) is 5.85. The Kier molecular flexibility index (Phi) is 10.5. The number of carboxylic acids is 1. The highest BCUT2D eigenvalue weighted by Crippen LogP contribution is 2.33. The van der Waals surface area contributed by atoms with Crippen molar-refractivity contribution in [3.05, 3.63) is 112 Å². The van der Waals surface area contributed by atoms with E-state index < -0.39 is 5.97 Å². The van der Waals surface area contributed by atoms with Crippen LogP contribution < -0.4 is 15.0 Å². The minimum Gasteiger partial charge on any atom is -0.494 e. The van der Waals surface area contributed by atoms with Gasteiger partial charge in [-0.1, -0.05) is 47.7 Å². The molecular formula is C40H40N6O5S2. The summed E-state index contributed by atoms with van der Waals surface area (Å²) in [6.07, 6.45) is 6.22. The molecule has 0 aliphatic carbocycles. The lowest BCUT2D eigenvalue weighted by Gasteiger charge is -2.29. The van der Waals surface area contributed by atoms with Crippen molar-refractivity contribution in [1.29, 1.82) is 0 Å². The predicted octanol–water partition coefficient (Wildman–Crippen LogP) is 7.08. The molecule has 0 radical (unpaired) electrons. The molecule has 1 saturated heterocycles. The third-order valence-corrected chi connectivity index (χ3v) is 11.9. The van der Waals surface area contributed by atoms with Crippen molar-refractivity contribution in [2.75, 3.05) is 56.2 Å². The number of carboxylic acid groups (broad SMARTS) is 1. The number of carbonyl (C=O) groups is 2. The number of amides is 1. The first-order chi connectivity index (χ1) is 26.0. The first kappa shape index (κ1) is 35.0. The standard InChI is InChI=1S/C40H40N6O5S2/c47-37(43-39-41-33-7-1-2-8-34(33)52-39)31-6-3-5-28-15-17-46(26-32(28)31)40-42-36(38(48)49)35(53-40)9-4-22-51-30-12-10-27(11-13-30)29-14-16-45(25-29)19-18-44-20-23-50-24-21-44/h1-3,5-8,10-14,16,25H,4,9,15,17-24,26H2,(H,48,49)(H,41,43,47). The number of morpholine rings is 1. The Morgan fingerprint density at radius 3 is 2.58 bits per heavy atom. The van der Waals surface area contributed by atoms with Crippen LogP contribution >= 0.6 is 22.7 Å². The molecule has 5 heterocycles. The molecule has 1 fully saturated rings. The summed E-state index contributed by atoms with van der Waals surface area (Å²) in [6, 6.07) is 23.8. The number of para-hydroxylation sites is 1. The fraction of sp³-hybridized carbons (Fsp3) is 0.300. The van der Waals surface area contributed by atoms with E-state index in [1.807, 2.05) is 48.5 Å². The van der Waals surface area contributed by atoms with Gasteiger partial charge in [0.25, 0.3) is 5.91 Å². The second-order valence-electron chi connectivity index (χ2n) is 13.2. The zero-order valence-electron chi connectivity index (χ0n) is 29.2. The quantitative estimate of drug-likeness (QED) is 0.119. The zero-order valence-corrected chi connectivity index (χ0v) is 30.8. The summed E-state index contributed by atoms with van der Waals surface area (Å²) in [5.74, 6) is -0.473. The predicted molar refractivity (Wildman–Crippen MR) is 209 cm³/mol. The van der Waals surface area contributed by atoms with Crippen LogP contribution in [0.4, 0.5) is 10.3 Å². The Morgan fingerprint density at radius 2 is 1.75 bits per heavy atom. The monoisotopic (exact) mass is 748 g/mol. The van der Waals surface area contributed by atoms with Gasteiger partial charge in [-0.2, -0.15) is 0 Å². The lowest BCUT2D eigenvalue weighted by Crippen LogP contribution is -2.38. The third kappa shape index (κ3) is 8.13. The molecular weight excluding hydrogens is 709 g/mol. The molecule has 1 amide bonds. The van der Waals surface area contributed by atoms with Crippen LogP contribution in [0.25, 0.3) is 21.3 Å². The molecule has 6 aromatic rings. The van der Waals surface area contributed by atoms with Gasteiger partial charge in [0.05, 0.1) is 30.0 Å². The number of hydrogen-bond acceptors (Lipinski definition) is 10. The van der Waals surface area contributed by atoms with Gasteiger partial charge in [0.15, 0.2) is 16.0 Å². The number of fused-ring (bicyclic) bond motifs is 2.